The Bertz CT molecular complexity index is 786. The van der Waals surface area contributed by atoms with Crippen LogP contribution in [0.1, 0.15) is 106 Å². The molecule has 2 N–H and O–H groups in total. The summed E-state index contributed by atoms with van der Waals surface area (Å²) < 4.78 is 0. The predicted molar refractivity (Wildman–Crippen MR) is 132 cm³/mol. The van der Waals surface area contributed by atoms with Crippen molar-refractivity contribution in [3.05, 3.63) is 12.2 Å². The van der Waals surface area contributed by atoms with E-state index in [1.54, 1.807) is 0 Å². The lowest BCUT2D eigenvalue weighted by Gasteiger charge is -2.73. The van der Waals surface area contributed by atoms with Gasteiger partial charge in [-0.1, -0.05) is 46.8 Å². The van der Waals surface area contributed by atoms with Gasteiger partial charge in [-0.05, 0) is 128 Å². The molecule has 5 rings (SSSR count). The van der Waals surface area contributed by atoms with Crippen molar-refractivity contribution in [3.63, 3.8) is 0 Å². The molecular formula is C30H50O2. The first-order valence-electron chi connectivity index (χ1n) is 13.8. The zero-order chi connectivity index (χ0) is 23.3. The van der Waals surface area contributed by atoms with E-state index >= 15 is 0 Å². The first-order valence-corrected chi connectivity index (χ1v) is 13.8. The smallest absolute Gasteiger partial charge is 0.0594 e. The molecule has 10 atom stereocenters. The van der Waals surface area contributed by atoms with E-state index in [1.165, 1.54) is 63.4 Å². The molecule has 2 nitrogen and oxygen atoms in total. The molecule has 0 amide bonds. The van der Waals surface area contributed by atoms with Crippen LogP contribution in [0.4, 0.5) is 0 Å². The monoisotopic (exact) mass is 442 g/mol. The molecule has 0 radical (unpaired) electrons. The second-order valence-corrected chi connectivity index (χ2v) is 14.6. The molecule has 0 aromatic heterocycles. The Morgan fingerprint density at radius 3 is 2.19 bits per heavy atom. The van der Waals surface area contributed by atoms with Gasteiger partial charge in [0.2, 0.25) is 0 Å². The first kappa shape index (κ1) is 23.4. The van der Waals surface area contributed by atoms with Crippen molar-refractivity contribution in [1.82, 2.24) is 0 Å². The van der Waals surface area contributed by atoms with Crippen molar-refractivity contribution in [2.45, 2.75) is 112 Å². The number of allylic oxidation sites excluding steroid dienone is 1. The molecule has 2 heteroatoms. The lowest BCUT2D eigenvalue weighted by Crippen LogP contribution is -2.66. The Balaban J connectivity index is 1.55. The zero-order valence-electron chi connectivity index (χ0n) is 21.8. The van der Waals surface area contributed by atoms with Crippen LogP contribution in [0.3, 0.4) is 0 Å². The average Bonchev–Trinajstić information content (AvgIpc) is 3.12. The Labute approximate surface area is 197 Å². The summed E-state index contributed by atoms with van der Waals surface area (Å²) in [4.78, 5) is 0. The normalized spacial score (nSPS) is 56.5. The van der Waals surface area contributed by atoms with Crippen LogP contribution in [-0.4, -0.2) is 22.9 Å². The molecule has 5 aliphatic carbocycles. The van der Waals surface area contributed by atoms with Crippen molar-refractivity contribution in [3.8, 4) is 0 Å². The summed E-state index contributed by atoms with van der Waals surface area (Å²) in [6.07, 6.45) is 12.2. The summed E-state index contributed by atoms with van der Waals surface area (Å²) in [6, 6.07) is 0. The van der Waals surface area contributed by atoms with Gasteiger partial charge in [0.25, 0.3) is 0 Å². The fourth-order valence-corrected chi connectivity index (χ4v) is 11.5. The molecule has 5 aliphatic rings. The van der Waals surface area contributed by atoms with Gasteiger partial charge in [-0.25, -0.2) is 0 Å². The maximum atomic E-state index is 10.9. The summed E-state index contributed by atoms with van der Waals surface area (Å²) in [5.74, 6) is 3.33. The van der Waals surface area contributed by atoms with Crippen LogP contribution >= 0.6 is 0 Å². The van der Waals surface area contributed by atoms with E-state index in [1.807, 2.05) is 0 Å². The molecule has 5 saturated carbocycles. The number of aliphatic hydroxyl groups excluding tert-OH is 2. The van der Waals surface area contributed by atoms with Gasteiger partial charge in [0, 0.05) is 6.61 Å². The van der Waals surface area contributed by atoms with Gasteiger partial charge in [-0.2, -0.15) is 0 Å². The molecule has 5 fully saturated rings. The maximum absolute atomic E-state index is 10.9. The number of hydrogen-bond acceptors (Lipinski definition) is 2. The van der Waals surface area contributed by atoms with E-state index in [0.29, 0.717) is 40.6 Å². The summed E-state index contributed by atoms with van der Waals surface area (Å²) in [6.45, 7) is 19.7. The minimum absolute atomic E-state index is 0.0290. The summed E-state index contributed by atoms with van der Waals surface area (Å²) in [5.41, 5.74) is 2.60. The second kappa shape index (κ2) is 7.09. The van der Waals surface area contributed by atoms with E-state index in [9.17, 15) is 10.2 Å². The van der Waals surface area contributed by atoms with Gasteiger partial charge in [-0.15, -0.1) is 0 Å². The third-order valence-corrected chi connectivity index (χ3v) is 13.5. The lowest BCUT2D eigenvalue weighted by atomic mass is 9.32. The molecule has 0 aromatic rings. The molecule has 0 bridgehead atoms. The molecule has 0 aromatic carbocycles. The standard InChI is InChI=1S/C30H50O2/c1-19(2)20-10-15-30(18-31)17-16-28(6)21(25(20)30)8-9-23-27(5)13-12-24(32)26(3,4)22(27)11-14-29(23,28)7/h20-25,31-32H,1,8-18H2,2-7H3/t20-,21+,22?,23?,24+,25?,27-,28+,29+,30+/m0/s1. The highest BCUT2D eigenvalue weighted by molar-refractivity contribution is 5.21. The Morgan fingerprint density at radius 1 is 0.812 bits per heavy atom. The molecule has 182 valence electrons. The summed E-state index contributed by atoms with van der Waals surface area (Å²) >= 11 is 0. The van der Waals surface area contributed by atoms with Crippen molar-refractivity contribution in [1.29, 1.82) is 0 Å². The van der Waals surface area contributed by atoms with Crippen LogP contribution < -0.4 is 0 Å². The Morgan fingerprint density at radius 2 is 1.53 bits per heavy atom. The number of fused-ring (bicyclic) bond motifs is 7. The van der Waals surface area contributed by atoms with Crippen LogP contribution in [0.15, 0.2) is 12.2 Å². The zero-order valence-corrected chi connectivity index (χ0v) is 21.8. The minimum Gasteiger partial charge on any atom is -0.396 e. The third-order valence-electron chi connectivity index (χ3n) is 13.5. The number of hydrogen-bond donors (Lipinski definition) is 2. The van der Waals surface area contributed by atoms with Crippen LogP contribution in [0, 0.1) is 56.7 Å². The predicted octanol–water partition coefficient (Wildman–Crippen LogP) is 7.00. The number of aliphatic hydroxyl groups is 2. The molecule has 32 heavy (non-hydrogen) atoms. The number of rotatable bonds is 2. The Hall–Kier alpha value is -0.340. The maximum Gasteiger partial charge on any atom is 0.0594 e. The minimum atomic E-state index is -0.147. The van der Waals surface area contributed by atoms with Crippen molar-refractivity contribution < 1.29 is 10.2 Å². The topological polar surface area (TPSA) is 40.5 Å². The van der Waals surface area contributed by atoms with Gasteiger partial charge in [0.05, 0.1) is 6.10 Å². The second-order valence-electron chi connectivity index (χ2n) is 14.6. The molecule has 0 aliphatic heterocycles. The van der Waals surface area contributed by atoms with Gasteiger partial charge in [0.1, 0.15) is 0 Å². The van der Waals surface area contributed by atoms with Gasteiger partial charge in [0.15, 0.2) is 0 Å². The van der Waals surface area contributed by atoms with Crippen molar-refractivity contribution in [2.75, 3.05) is 6.61 Å². The summed E-state index contributed by atoms with van der Waals surface area (Å²) in [7, 11) is 0. The van der Waals surface area contributed by atoms with E-state index in [-0.39, 0.29) is 16.9 Å². The third kappa shape index (κ3) is 2.66. The molecule has 0 spiro atoms. The fraction of sp³-hybridized carbons (Fsp3) is 0.933. The van der Waals surface area contributed by atoms with Crippen molar-refractivity contribution in [2.24, 2.45) is 56.7 Å². The van der Waals surface area contributed by atoms with E-state index in [0.717, 1.165) is 18.3 Å². The summed E-state index contributed by atoms with van der Waals surface area (Å²) in [5, 5.41) is 21.5. The Kier molecular flexibility index (Phi) is 5.19. The van der Waals surface area contributed by atoms with Gasteiger partial charge >= 0.3 is 0 Å². The van der Waals surface area contributed by atoms with Gasteiger partial charge < -0.3 is 10.2 Å². The highest BCUT2D eigenvalue weighted by atomic mass is 16.3. The molecule has 0 saturated heterocycles. The van der Waals surface area contributed by atoms with Gasteiger partial charge in [-0.3, -0.25) is 0 Å². The average molecular weight is 443 g/mol. The SMILES string of the molecule is C=C(C)[C@@H]1CC[C@]2(CO)CC[C@]3(C)[C@H](CCC4[C@@]5(C)CC[C@@H](O)C(C)(C)C5CC[C@]43C)C12. The quantitative estimate of drug-likeness (QED) is 0.452. The molecular weight excluding hydrogens is 392 g/mol. The lowest BCUT2D eigenvalue weighted by molar-refractivity contribution is -0.249. The van der Waals surface area contributed by atoms with E-state index in [2.05, 4.69) is 48.1 Å². The highest BCUT2D eigenvalue weighted by Gasteiger charge is 2.70. The largest absolute Gasteiger partial charge is 0.396 e. The van der Waals surface area contributed by atoms with E-state index < -0.39 is 0 Å². The van der Waals surface area contributed by atoms with Crippen LogP contribution in [0.2, 0.25) is 0 Å². The highest BCUT2D eigenvalue weighted by Crippen LogP contribution is 2.77. The van der Waals surface area contributed by atoms with Crippen LogP contribution in [0.25, 0.3) is 0 Å². The van der Waals surface area contributed by atoms with E-state index in [4.69, 9.17) is 0 Å². The molecule has 0 heterocycles. The van der Waals surface area contributed by atoms with Crippen LogP contribution in [-0.2, 0) is 0 Å². The fourth-order valence-electron chi connectivity index (χ4n) is 11.5. The molecule has 3 unspecified atom stereocenters. The van der Waals surface area contributed by atoms with Crippen LogP contribution in [0.5, 0.6) is 0 Å². The first-order chi connectivity index (χ1) is 14.9. The van der Waals surface area contributed by atoms with Crippen molar-refractivity contribution >= 4 is 0 Å².